The lowest BCUT2D eigenvalue weighted by atomic mass is 9.96. The minimum absolute atomic E-state index is 0.197. The number of hydrogen-bond donors (Lipinski definition) is 1. The van der Waals surface area contributed by atoms with Crippen molar-refractivity contribution in [3.8, 4) is 11.5 Å². The van der Waals surface area contributed by atoms with Gasteiger partial charge in [0.25, 0.3) is 0 Å². The maximum Gasteiger partial charge on any atom is 0.160 e. The van der Waals surface area contributed by atoms with Crippen molar-refractivity contribution in [3.05, 3.63) is 18.2 Å². The average molecular weight is 136 g/mol. The standard InChI is InChI=1S/C7H9BO2/c1-10-7-3-2-5(8)4-6(7)9/h2-4,9H,8H2,1H3. The van der Waals surface area contributed by atoms with Crippen LogP contribution in [0.4, 0.5) is 0 Å². The Morgan fingerprint density at radius 3 is 2.70 bits per heavy atom. The molecule has 52 valence electrons. The third-order valence-corrected chi connectivity index (χ3v) is 1.33. The molecule has 0 amide bonds. The van der Waals surface area contributed by atoms with E-state index < -0.39 is 0 Å². The topological polar surface area (TPSA) is 29.5 Å². The lowest BCUT2D eigenvalue weighted by Gasteiger charge is -2.02. The summed E-state index contributed by atoms with van der Waals surface area (Å²) in [5, 5.41) is 9.17. The van der Waals surface area contributed by atoms with Crippen LogP contribution in [-0.2, 0) is 0 Å². The fourth-order valence-electron chi connectivity index (χ4n) is 0.800. The number of phenols is 1. The van der Waals surface area contributed by atoms with Gasteiger partial charge in [-0.15, -0.1) is 0 Å². The summed E-state index contributed by atoms with van der Waals surface area (Å²) in [6.07, 6.45) is 0. The lowest BCUT2D eigenvalue weighted by Crippen LogP contribution is -2.00. The Bertz CT molecular complexity index is 235. The Balaban J connectivity index is 3.07. The number of methoxy groups -OCH3 is 1. The van der Waals surface area contributed by atoms with Gasteiger partial charge in [0.2, 0.25) is 0 Å². The molecule has 0 aliphatic heterocycles. The van der Waals surface area contributed by atoms with Gasteiger partial charge in [0.15, 0.2) is 11.5 Å². The van der Waals surface area contributed by atoms with E-state index in [1.165, 1.54) is 7.11 Å². The smallest absolute Gasteiger partial charge is 0.160 e. The predicted molar refractivity (Wildman–Crippen MR) is 42.8 cm³/mol. The highest BCUT2D eigenvalue weighted by molar-refractivity contribution is 6.32. The molecule has 1 aromatic carbocycles. The van der Waals surface area contributed by atoms with Gasteiger partial charge >= 0.3 is 0 Å². The van der Waals surface area contributed by atoms with Gasteiger partial charge in [0.05, 0.1) is 7.11 Å². The second kappa shape index (κ2) is 2.65. The zero-order valence-electron chi connectivity index (χ0n) is 6.09. The van der Waals surface area contributed by atoms with Crippen molar-refractivity contribution in [2.24, 2.45) is 0 Å². The van der Waals surface area contributed by atoms with E-state index in [9.17, 15) is 0 Å². The molecule has 0 bridgehead atoms. The summed E-state index contributed by atoms with van der Waals surface area (Å²) < 4.78 is 4.85. The molecule has 0 aliphatic rings. The molecule has 0 aliphatic carbocycles. The van der Waals surface area contributed by atoms with Crippen LogP contribution in [0.5, 0.6) is 11.5 Å². The molecular weight excluding hydrogens is 127 g/mol. The lowest BCUT2D eigenvalue weighted by molar-refractivity contribution is 0.374. The van der Waals surface area contributed by atoms with Crippen molar-refractivity contribution in [2.75, 3.05) is 7.11 Å². The Hall–Kier alpha value is -1.12. The summed E-state index contributed by atoms with van der Waals surface area (Å²) in [6.45, 7) is 0. The second-order valence-corrected chi connectivity index (χ2v) is 2.18. The molecule has 0 fully saturated rings. The maximum atomic E-state index is 9.17. The highest BCUT2D eigenvalue weighted by Crippen LogP contribution is 2.21. The molecule has 0 radical (unpaired) electrons. The monoisotopic (exact) mass is 136 g/mol. The van der Waals surface area contributed by atoms with Crippen LogP contribution in [0.2, 0.25) is 0 Å². The van der Waals surface area contributed by atoms with E-state index in [1.807, 2.05) is 13.9 Å². The molecule has 0 aromatic heterocycles. The molecular formula is C7H9BO2. The molecule has 0 saturated carbocycles. The maximum absolute atomic E-state index is 9.17. The number of hydrogen-bond acceptors (Lipinski definition) is 2. The molecule has 1 aromatic rings. The molecule has 3 heteroatoms. The van der Waals surface area contributed by atoms with Gasteiger partial charge in [-0.3, -0.25) is 0 Å². The highest BCUT2D eigenvalue weighted by Gasteiger charge is 1.97. The third-order valence-electron chi connectivity index (χ3n) is 1.33. The van der Waals surface area contributed by atoms with Crippen LogP contribution in [0.3, 0.4) is 0 Å². The molecule has 1 rings (SSSR count). The zero-order valence-corrected chi connectivity index (χ0v) is 6.09. The van der Waals surface area contributed by atoms with Gasteiger partial charge in [0, 0.05) is 0 Å². The van der Waals surface area contributed by atoms with Gasteiger partial charge in [-0.2, -0.15) is 0 Å². The zero-order chi connectivity index (χ0) is 7.56. The summed E-state index contributed by atoms with van der Waals surface area (Å²) in [5.74, 6) is 0.716. The van der Waals surface area contributed by atoms with Gasteiger partial charge < -0.3 is 9.84 Å². The molecule has 2 nitrogen and oxygen atoms in total. The Morgan fingerprint density at radius 1 is 1.50 bits per heavy atom. The van der Waals surface area contributed by atoms with E-state index in [0.29, 0.717) is 5.75 Å². The molecule has 0 saturated heterocycles. The van der Waals surface area contributed by atoms with Crippen molar-refractivity contribution in [3.63, 3.8) is 0 Å². The number of benzene rings is 1. The molecule has 10 heavy (non-hydrogen) atoms. The van der Waals surface area contributed by atoms with Crippen molar-refractivity contribution in [2.45, 2.75) is 0 Å². The number of rotatable bonds is 1. The normalized spacial score (nSPS) is 9.30. The van der Waals surface area contributed by atoms with Crippen molar-refractivity contribution in [1.29, 1.82) is 0 Å². The summed E-state index contributed by atoms with van der Waals surface area (Å²) in [4.78, 5) is 0. The van der Waals surface area contributed by atoms with E-state index in [4.69, 9.17) is 9.84 Å². The summed E-state index contributed by atoms with van der Waals surface area (Å²) in [6, 6.07) is 5.29. The van der Waals surface area contributed by atoms with Gasteiger partial charge in [-0.25, -0.2) is 0 Å². The average Bonchev–Trinajstić information content (AvgIpc) is 1.88. The van der Waals surface area contributed by atoms with Gasteiger partial charge in [0.1, 0.15) is 7.85 Å². The summed E-state index contributed by atoms with van der Waals surface area (Å²) in [7, 11) is 3.45. The number of aromatic hydroxyl groups is 1. The van der Waals surface area contributed by atoms with Gasteiger partial charge in [-0.05, 0) is 12.1 Å². The van der Waals surface area contributed by atoms with Crippen LogP contribution in [0.1, 0.15) is 0 Å². The second-order valence-electron chi connectivity index (χ2n) is 2.18. The van der Waals surface area contributed by atoms with E-state index in [0.717, 1.165) is 5.46 Å². The largest absolute Gasteiger partial charge is 0.504 e. The first-order valence-electron chi connectivity index (χ1n) is 3.07. The number of phenolic OH excluding ortho intramolecular Hbond substituents is 1. The Labute approximate surface area is 60.9 Å². The fourth-order valence-corrected chi connectivity index (χ4v) is 0.800. The van der Waals surface area contributed by atoms with Crippen LogP contribution in [0.15, 0.2) is 18.2 Å². The summed E-state index contributed by atoms with van der Waals surface area (Å²) >= 11 is 0. The van der Waals surface area contributed by atoms with Crippen molar-refractivity contribution >= 4 is 13.3 Å². The van der Waals surface area contributed by atoms with E-state index in [2.05, 4.69) is 0 Å². The van der Waals surface area contributed by atoms with E-state index in [-0.39, 0.29) is 5.75 Å². The van der Waals surface area contributed by atoms with Crippen LogP contribution >= 0.6 is 0 Å². The molecule has 0 unspecified atom stereocenters. The fraction of sp³-hybridized carbons (Fsp3) is 0.143. The molecule has 0 heterocycles. The predicted octanol–water partition coefficient (Wildman–Crippen LogP) is -0.341. The SMILES string of the molecule is Bc1ccc(OC)c(O)c1. The quantitative estimate of drug-likeness (QED) is 0.535. The molecule has 0 spiro atoms. The third kappa shape index (κ3) is 1.24. The Kier molecular flexibility index (Phi) is 1.85. The Morgan fingerprint density at radius 2 is 2.20 bits per heavy atom. The minimum Gasteiger partial charge on any atom is -0.504 e. The first-order chi connectivity index (χ1) is 4.74. The molecule has 0 atom stereocenters. The van der Waals surface area contributed by atoms with Crippen molar-refractivity contribution < 1.29 is 9.84 Å². The van der Waals surface area contributed by atoms with Crippen LogP contribution < -0.4 is 10.2 Å². The summed E-state index contributed by atoms with van der Waals surface area (Å²) in [5.41, 5.74) is 1.03. The van der Waals surface area contributed by atoms with E-state index >= 15 is 0 Å². The number of ether oxygens (including phenoxy) is 1. The van der Waals surface area contributed by atoms with Crippen LogP contribution in [0.25, 0.3) is 0 Å². The van der Waals surface area contributed by atoms with E-state index in [1.54, 1.807) is 12.1 Å². The van der Waals surface area contributed by atoms with Crippen LogP contribution in [0, 0.1) is 0 Å². The van der Waals surface area contributed by atoms with Gasteiger partial charge in [-0.1, -0.05) is 11.5 Å². The first-order valence-corrected chi connectivity index (χ1v) is 3.07. The minimum atomic E-state index is 0.197. The first kappa shape index (κ1) is 7.00. The molecule has 1 N–H and O–H groups in total. The highest BCUT2D eigenvalue weighted by atomic mass is 16.5. The van der Waals surface area contributed by atoms with Crippen molar-refractivity contribution in [1.82, 2.24) is 0 Å². The van der Waals surface area contributed by atoms with Crippen LogP contribution in [-0.4, -0.2) is 20.1 Å².